The Morgan fingerprint density at radius 1 is 1.24 bits per heavy atom. The first-order valence-corrected chi connectivity index (χ1v) is 7.94. The second-order valence-electron chi connectivity index (χ2n) is 6.75. The van der Waals surface area contributed by atoms with Crippen LogP contribution in [0.4, 0.5) is 4.79 Å². The zero-order chi connectivity index (χ0) is 18.4. The van der Waals surface area contributed by atoms with E-state index in [1.165, 1.54) is 4.90 Å². The molecule has 3 rings (SSSR count). The van der Waals surface area contributed by atoms with Crippen molar-refractivity contribution >= 4 is 23.8 Å². The molecule has 1 saturated heterocycles. The average Bonchev–Trinajstić information content (AvgIpc) is 2.75. The van der Waals surface area contributed by atoms with Gasteiger partial charge in [-0.15, -0.1) is 0 Å². The van der Waals surface area contributed by atoms with Gasteiger partial charge in [0.05, 0.1) is 0 Å². The van der Waals surface area contributed by atoms with E-state index in [9.17, 15) is 24.3 Å². The van der Waals surface area contributed by atoms with Crippen LogP contribution in [0.3, 0.4) is 0 Å². The first-order valence-electron chi connectivity index (χ1n) is 7.94. The summed E-state index contributed by atoms with van der Waals surface area (Å²) in [4.78, 5) is 50.5. The summed E-state index contributed by atoms with van der Waals surface area (Å²) in [5, 5.41) is 11.7. The van der Waals surface area contributed by atoms with Gasteiger partial charge in [0.25, 0.3) is 5.91 Å². The van der Waals surface area contributed by atoms with Gasteiger partial charge in [0.1, 0.15) is 18.1 Å². The van der Waals surface area contributed by atoms with Gasteiger partial charge in [0, 0.05) is 13.0 Å². The first kappa shape index (κ1) is 16.9. The summed E-state index contributed by atoms with van der Waals surface area (Å²) in [5.41, 5.74) is 0.627. The van der Waals surface area contributed by atoms with E-state index in [2.05, 4.69) is 5.32 Å². The molecule has 1 unspecified atom stereocenters. The van der Waals surface area contributed by atoms with Crippen molar-refractivity contribution in [3.05, 3.63) is 35.4 Å². The quantitative estimate of drug-likeness (QED) is 0.769. The van der Waals surface area contributed by atoms with Crippen LogP contribution in [-0.4, -0.2) is 56.8 Å². The number of nitrogens with one attached hydrogen (secondary N) is 1. The largest absolute Gasteiger partial charge is 0.480 e. The molecule has 2 N–H and O–H groups in total. The number of carboxylic acids is 1. The molecular formula is C17H19N3O5. The van der Waals surface area contributed by atoms with Gasteiger partial charge in [-0.25, -0.2) is 9.59 Å². The standard InChI is InChI=1S/C17H19N3O5/c1-17(2)15(24)18-16(25)20(17)9-13(21)19-8-11-6-4-3-5-10(11)7-12(19)14(22)23/h3-6,12H,7-9H2,1-2H3,(H,22,23)(H,18,24,25). The lowest BCUT2D eigenvalue weighted by Crippen LogP contribution is -2.54. The number of fused-ring (bicyclic) bond motifs is 1. The number of amides is 4. The summed E-state index contributed by atoms with van der Waals surface area (Å²) in [6.45, 7) is 2.90. The molecule has 8 heteroatoms. The maximum atomic E-state index is 12.7. The minimum Gasteiger partial charge on any atom is -0.480 e. The Labute approximate surface area is 144 Å². The van der Waals surface area contributed by atoms with Crippen LogP contribution in [0, 0.1) is 0 Å². The molecule has 0 aromatic heterocycles. The molecule has 1 aromatic carbocycles. The van der Waals surface area contributed by atoms with Crippen LogP contribution in [-0.2, 0) is 27.3 Å². The van der Waals surface area contributed by atoms with Crippen LogP contribution in [0.5, 0.6) is 0 Å². The van der Waals surface area contributed by atoms with Gasteiger partial charge < -0.3 is 14.9 Å². The summed E-state index contributed by atoms with van der Waals surface area (Å²) in [5.74, 6) is -2.08. The van der Waals surface area contributed by atoms with E-state index in [1.54, 1.807) is 13.8 Å². The molecule has 1 atom stereocenters. The molecule has 0 spiro atoms. The zero-order valence-electron chi connectivity index (χ0n) is 14.0. The van der Waals surface area contributed by atoms with Crippen molar-refractivity contribution in [2.75, 3.05) is 6.54 Å². The highest BCUT2D eigenvalue weighted by molar-refractivity contribution is 6.07. The molecule has 1 fully saturated rings. The molecule has 2 heterocycles. The summed E-state index contributed by atoms with van der Waals surface area (Å²) in [7, 11) is 0. The van der Waals surface area contributed by atoms with Crippen molar-refractivity contribution in [2.24, 2.45) is 0 Å². The molecular weight excluding hydrogens is 326 g/mol. The van der Waals surface area contributed by atoms with Crippen LogP contribution in [0.2, 0.25) is 0 Å². The smallest absolute Gasteiger partial charge is 0.326 e. The Morgan fingerprint density at radius 3 is 2.44 bits per heavy atom. The summed E-state index contributed by atoms with van der Waals surface area (Å²) in [6, 6.07) is 5.72. The van der Waals surface area contributed by atoms with Crippen molar-refractivity contribution < 1.29 is 24.3 Å². The van der Waals surface area contributed by atoms with Gasteiger partial charge in [-0.05, 0) is 25.0 Å². The van der Waals surface area contributed by atoms with Crippen molar-refractivity contribution in [2.45, 2.75) is 38.4 Å². The second kappa shape index (κ2) is 5.87. The third-order valence-electron chi connectivity index (χ3n) is 4.84. The Bertz CT molecular complexity index is 773. The topological polar surface area (TPSA) is 107 Å². The van der Waals surface area contributed by atoms with E-state index in [0.29, 0.717) is 0 Å². The van der Waals surface area contributed by atoms with E-state index in [4.69, 9.17) is 0 Å². The highest BCUT2D eigenvalue weighted by atomic mass is 16.4. The van der Waals surface area contributed by atoms with Crippen molar-refractivity contribution in [3.8, 4) is 0 Å². The van der Waals surface area contributed by atoms with Crippen LogP contribution in [0.15, 0.2) is 24.3 Å². The van der Waals surface area contributed by atoms with Crippen LogP contribution in [0.1, 0.15) is 25.0 Å². The fourth-order valence-corrected chi connectivity index (χ4v) is 3.20. The Morgan fingerprint density at radius 2 is 1.88 bits per heavy atom. The van der Waals surface area contributed by atoms with Crippen molar-refractivity contribution in [1.29, 1.82) is 0 Å². The molecule has 0 saturated carbocycles. The molecule has 2 aliphatic heterocycles. The molecule has 0 aliphatic carbocycles. The summed E-state index contributed by atoms with van der Waals surface area (Å²) >= 11 is 0. The fraction of sp³-hybridized carbons (Fsp3) is 0.412. The third kappa shape index (κ3) is 2.84. The Kier molecular flexibility index (Phi) is 3.98. The number of carbonyl (C=O) groups excluding carboxylic acids is 3. The lowest BCUT2D eigenvalue weighted by atomic mass is 9.94. The number of benzene rings is 1. The predicted octanol–water partition coefficient (Wildman–Crippen LogP) is 0.355. The normalized spacial score (nSPS) is 21.8. The Balaban J connectivity index is 1.84. The molecule has 25 heavy (non-hydrogen) atoms. The number of urea groups is 1. The SMILES string of the molecule is CC1(C)C(=O)NC(=O)N1CC(=O)N1Cc2ccccc2CC1C(=O)O. The monoisotopic (exact) mass is 345 g/mol. The van der Waals surface area contributed by atoms with Crippen LogP contribution in [0.25, 0.3) is 0 Å². The number of rotatable bonds is 3. The van der Waals surface area contributed by atoms with Crippen molar-refractivity contribution in [3.63, 3.8) is 0 Å². The van der Waals surface area contributed by atoms with Crippen molar-refractivity contribution in [1.82, 2.24) is 15.1 Å². The maximum absolute atomic E-state index is 12.7. The highest BCUT2D eigenvalue weighted by Gasteiger charge is 2.47. The second-order valence-corrected chi connectivity index (χ2v) is 6.75. The molecule has 0 bridgehead atoms. The third-order valence-corrected chi connectivity index (χ3v) is 4.84. The number of imide groups is 1. The van der Waals surface area contributed by atoms with Gasteiger partial charge >= 0.3 is 12.0 Å². The lowest BCUT2D eigenvalue weighted by Gasteiger charge is -2.36. The minimum atomic E-state index is -1.15. The fourth-order valence-electron chi connectivity index (χ4n) is 3.20. The van der Waals surface area contributed by atoms with E-state index in [-0.39, 0.29) is 19.5 Å². The summed E-state index contributed by atoms with van der Waals surface area (Å²) in [6.07, 6.45) is 0.214. The molecule has 132 valence electrons. The number of aliphatic carboxylic acids is 1. The molecule has 0 radical (unpaired) electrons. The zero-order valence-corrected chi connectivity index (χ0v) is 14.0. The van der Waals surface area contributed by atoms with Gasteiger partial charge in [-0.2, -0.15) is 0 Å². The summed E-state index contributed by atoms with van der Waals surface area (Å²) < 4.78 is 0. The van der Waals surface area contributed by atoms with E-state index < -0.39 is 35.4 Å². The first-order chi connectivity index (χ1) is 11.7. The van der Waals surface area contributed by atoms with Crippen LogP contribution < -0.4 is 5.32 Å². The number of carbonyl (C=O) groups is 4. The average molecular weight is 345 g/mol. The van der Waals surface area contributed by atoms with E-state index in [1.807, 2.05) is 24.3 Å². The predicted molar refractivity (Wildman–Crippen MR) is 86.4 cm³/mol. The molecule has 4 amide bonds. The minimum absolute atomic E-state index is 0.163. The van der Waals surface area contributed by atoms with E-state index in [0.717, 1.165) is 16.0 Å². The maximum Gasteiger partial charge on any atom is 0.326 e. The van der Waals surface area contributed by atoms with Gasteiger partial charge in [-0.1, -0.05) is 24.3 Å². The number of hydrogen-bond donors (Lipinski definition) is 2. The Hall–Kier alpha value is -2.90. The van der Waals surface area contributed by atoms with Crippen LogP contribution >= 0.6 is 0 Å². The highest BCUT2D eigenvalue weighted by Crippen LogP contribution is 2.26. The molecule has 1 aromatic rings. The number of nitrogens with zero attached hydrogens (tertiary/aromatic N) is 2. The van der Waals surface area contributed by atoms with Gasteiger partial charge in [-0.3, -0.25) is 14.9 Å². The van der Waals surface area contributed by atoms with Gasteiger partial charge in [0.15, 0.2) is 0 Å². The lowest BCUT2D eigenvalue weighted by molar-refractivity contribution is -0.152. The number of carboxylic acid groups (broad SMARTS) is 1. The molecule has 2 aliphatic rings. The number of hydrogen-bond acceptors (Lipinski definition) is 4. The van der Waals surface area contributed by atoms with Gasteiger partial charge in [0.2, 0.25) is 5.91 Å². The van der Waals surface area contributed by atoms with E-state index >= 15 is 0 Å². The molecule has 8 nitrogen and oxygen atoms in total.